The van der Waals surface area contributed by atoms with E-state index >= 15 is 0 Å². The molecule has 1 saturated carbocycles. The molecule has 52 valence electrons. The highest BCUT2D eigenvalue weighted by Crippen LogP contribution is 2.58. The lowest BCUT2D eigenvalue weighted by Crippen LogP contribution is -2.06. The van der Waals surface area contributed by atoms with E-state index in [1.54, 1.807) is 0 Å². The maximum absolute atomic E-state index is 13.0. The summed E-state index contributed by atoms with van der Waals surface area (Å²) in [7, 11) is 0. The van der Waals surface area contributed by atoms with Gasteiger partial charge < -0.3 is 4.74 Å². The largest absolute Gasteiger partial charge is 0.373 e. The minimum Gasteiger partial charge on any atom is -0.373 e. The minimum atomic E-state index is -1.16. The molecule has 1 heterocycles. The molecule has 0 N–H and O–H groups in total. The van der Waals surface area contributed by atoms with Crippen LogP contribution in [0.4, 0.5) is 4.39 Å². The fraction of sp³-hybridized carbons (Fsp3) is 1.00. The summed E-state index contributed by atoms with van der Waals surface area (Å²) in [5.41, 5.74) is 0. The van der Waals surface area contributed by atoms with Gasteiger partial charge in [-0.05, 0) is 28.8 Å². The van der Waals surface area contributed by atoms with E-state index in [0.29, 0.717) is 0 Å². The van der Waals surface area contributed by atoms with Gasteiger partial charge in [-0.2, -0.15) is 0 Å². The molecule has 0 aromatic carbocycles. The van der Waals surface area contributed by atoms with Gasteiger partial charge in [0.15, 0.2) is 4.58 Å². The van der Waals surface area contributed by atoms with Crippen molar-refractivity contribution < 1.29 is 9.13 Å². The molecule has 1 aliphatic heterocycles. The molecule has 9 heavy (non-hydrogen) atoms. The van der Waals surface area contributed by atoms with Crippen LogP contribution in [0.1, 0.15) is 12.8 Å². The first kappa shape index (κ1) is 6.10. The van der Waals surface area contributed by atoms with Crippen molar-refractivity contribution in [3.05, 3.63) is 0 Å². The molecule has 0 radical (unpaired) electrons. The molecule has 0 amide bonds. The van der Waals surface area contributed by atoms with Crippen molar-refractivity contribution in [1.82, 2.24) is 0 Å². The number of alkyl halides is 2. The Morgan fingerprint density at radius 1 is 1.67 bits per heavy atom. The first-order valence-electron chi connectivity index (χ1n) is 3.22. The summed E-state index contributed by atoms with van der Waals surface area (Å²) >= 11 is 2.99. The van der Waals surface area contributed by atoms with Crippen LogP contribution in [0, 0.1) is 5.92 Å². The van der Waals surface area contributed by atoms with Gasteiger partial charge in [-0.15, -0.1) is 0 Å². The number of halogens is 2. The Balaban J connectivity index is 2.06. The molecule has 1 aliphatic carbocycles. The Bertz CT molecular complexity index is 123. The lowest BCUT2D eigenvalue weighted by atomic mass is 10.2. The maximum atomic E-state index is 13.0. The molecule has 1 nitrogen and oxygen atoms in total. The van der Waals surface area contributed by atoms with Gasteiger partial charge in [0, 0.05) is 12.5 Å². The molecule has 0 unspecified atom stereocenters. The zero-order valence-electron chi connectivity index (χ0n) is 4.94. The lowest BCUT2D eigenvalue weighted by molar-refractivity contribution is 0.0707. The van der Waals surface area contributed by atoms with Gasteiger partial charge in [0.25, 0.3) is 0 Å². The summed E-state index contributed by atoms with van der Waals surface area (Å²) in [5.74, 6) is 0.145. The van der Waals surface area contributed by atoms with Gasteiger partial charge in [-0.25, -0.2) is 4.39 Å². The molecule has 3 heteroatoms. The molecule has 0 aromatic heterocycles. The second-order valence-electron chi connectivity index (χ2n) is 2.71. The zero-order valence-corrected chi connectivity index (χ0v) is 6.53. The molecule has 2 fully saturated rings. The smallest absolute Gasteiger partial charge is 0.196 e. The van der Waals surface area contributed by atoms with Crippen molar-refractivity contribution in [2.45, 2.75) is 23.5 Å². The van der Waals surface area contributed by atoms with Crippen LogP contribution in [0.15, 0.2) is 0 Å². The molecular formula is C6H8BrFO. The lowest BCUT2D eigenvalue weighted by Gasteiger charge is -2.05. The molecule has 1 saturated heterocycles. The van der Waals surface area contributed by atoms with Gasteiger partial charge in [0.1, 0.15) is 6.10 Å². The highest BCUT2D eigenvalue weighted by atomic mass is 79.9. The van der Waals surface area contributed by atoms with Crippen molar-refractivity contribution in [3.63, 3.8) is 0 Å². The predicted molar refractivity (Wildman–Crippen MR) is 35.2 cm³/mol. The Labute approximate surface area is 61.7 Å². The number of hydrogen-bond acceptors (Lipinski definition) is 1. The van der Waals surface area contributed by atoms with Crippen molar-refractivity contribution >= 4 is 15.9 Å². The van der Waals surface area contributed by atoms with E-state index in [0.717, 1.165) is 19.4 Å². The zero-order chi connectivity index (χ0) is 6.48. The van der Waals surface area contributed by atoms with E-state index in [4.69, 9.17) is 4.74 Å². The van der Waals surface area contributed by atoms with E-state index in [1.807, 2.05) is 0 Å². The molecule has 0 bridgehead atoms. The molecule has 2 rings (SSSR count). The van der Waals surface area contributed by atoms with Crippen LogP contribution >= 0.6 is 15.9 Å². The number of rotatable bonds is 0. The van der Waals surface area contributed by atoms with Crippen molar-refractivity contribution in [1.29, 1.82) is 0 Å². The number of hydrogen-bond donors (Lipinski definition) is 0. The van der Waals surface area contributed by atoms with E-state index in [9.17, 15) is 4.39 Å². The van der Waals surface area contributed by atoms with Crippen LogP contribution in [-0.4, -0.2) is 17.3 Å². The fourth-order valence-corrected chi connectivity index (χ4v) is 2.23. The summed E-state index contributed by atoms with van der Waals surface area (Å²) in [6, 6.07) is 0. The molecule has 0 aromatic rings. The van der Waals surface area contributed by atoms with Crippen LogP contribution in [-0.2, 0) is 4.74 Å². The van der Waals surface area contributed by atoms with E-state index in [1.165, 1.54) is 0 Å². The first-order chi connectivity index (χ1) is 4.23. The number of fused-ring (bicyclic) bond motifs is 1. The van der Waals surface area contributed by atoms with Crippen molar-refractivity contribution in [2.24, 2.45) is 5.92 Å². The van der Waals surface area contributed by atoms with Gasteiger partial charge in [-0.1, -0.05) is 0 Å². The van der Waals surface area contributed by atoms with E-state index in [2.05, 4.69) is 15.9 Å². The third-order valence-electron chi connectivity index (χ3n) is 2.09. The van der Waals surface area contributed by atoms with Crippen molar-refractivity contribution in [3.8, 4) is 0 Å². The molecular weight excluding hydrogens is 187 g/mol. The van der Waals surface area contributed by atoms with Crippen molar-refractivity contribution in [2.75, 3.05) is 6.61 Å². The topological polar surface area (TPSA) is 9.23 Å². The third-order valence-corrected chi connectivity index (χ3v) is 3.13. The van der Waals surface area contributed by atoms with Crippen LogP contribution in [0.25, 0.3) is 0 Å². The third kappa shape index (κ3) is 0.744. The SMILES string of the molecule is F[C@]1(Br)[C@@H]2OCCC[C@@H]21. The summed E-state index contributed by atoms with van der Waals surface area (Å²) in [6.45, 7) is 0.735. The average molecular weight is 195 g/mol. The fourth-order valence-electron chi connectivity index (χ4n) is 1.44. The van der Waals surface area contributed by atoms with Crippen LogP contribution in [0.2, 0.25) is 0 Å². The quantitative estimate of drug-likeness (QED) is 0.536. The average Bonchev–Trinajstić information content (AvgIpc) is 2.39. The van der Waals surface area contributed by atoms with Crippen LogP contribution in [0.5, 0.6) is 0 Å². The molecule has 3 atom stereocenters. The van der Waals surface area contributed by atoms with Gasteiger partial charge in [0.05, 0.1) is 0 Å². The van der Waals surface area contributed by atoms with E-state index in [-0.39, 0.29) is 12.0 Å². The van der Waals surface area contributed by atoms with Gasteiger partial charge >= 0.3 is 0 Å². The predicted octanol–water partition coefficient (Wildman–Crippen LogP) is 1.86. The summed E-state index contributed by atoms with van der Waals surface area (Å²) in [4.78, 5) is 0. The highest BCUT2D eigenvalue weighted by molar-refractivity contribution is 9.10. The summed E-state index contributed by atoms with van der Waals surface area (Å²) in [6.07, 6.45) is 1.86. The Kier molecular flexibility index (Phi) is 1.15. The first-order valence-corrected chi connectivity index (χ1v) is 4.01. The summed E-state index contributed by atoms with van der Waals surface area (Å²) < 4.78 is 16.9. The molecule has 2 aliphatic rings. The monoisotopic (exact) mass is 194 g/mol. The Morgan fingerprint density at radius 2 is 2.44 bits per heavy atom. The minimum absolute atomic E-state index is 0.133. The number of ether oxygens (including phenoxy) is 1. The van der Waals surface area contributed by atoms with Crippen LogP contribution in [0.3, 0.4) is 0 Å². The molecule has 0 spiro atoms. The summed E-state index contributed by atoms with van der Waals surface area (Å²) in [5, 5.41) is 0. The Hall–Kier alpha value is 0.370. The van der Waals surface area contributed by atoms with Gasteiger partial charge in [-0.3, -0.25) is 0 Å². The maximum Gasteiger partial charge on any atom is 0.196 e. The van der Waals surface area contributed by atoms with E-state index < -0.39 is 4.58 Å². The Morgan fingerprint density at radius 3 is 2.89 bits per heavy atom. The standard InChI is InChI=1S/C6H8BrFO/c7-6(8)4-2-1-3-9-5(4)6/h4-5H,1-3H2/t4-,5+,6-/m0/s1. The van der Waals surface area contributed by atoms with Crippen LogP contribution < -0.4 is 0 Å². The second-order valence-corrected chi connectivity index (χ2v) is 3.93. The highest BCUT2D eigenvalue weighted by Gasteiger charge is 2.66. The van der Waals surface area contributed by atoms with Gasteiger partial charge in [0.2, 0.25) is 0 Å². The normalized spacial score (nSPS) is 56.7. The second kappa shape index (κ2) is 1.70.